The van der Waals surface area contributed by atoms with E-state index in [0.717, 1.165) is 58.9 Å². The van der Waals surface area contributed by atoms with Crippen LogP contribution >= 0.6 is 122 Å². The molecule has 0 rings (SSSR count). The summed E-state index contributed by atoms with van der Waals surface area (Å²) in [5.74, 6) is 10.5. The number of hydrogen-bond acceptors (Lipinski definition) is 10. The van der Waals surface area contributed by atoms with Crippen molar-refractivity contribution in [2.24, 2.45) is 0 Å². The molecule has 0 N–H and O–H groups in total. The molecule has 0 bridgehead atoms. The minimum Gasteiger partial charge on any atom is -0.179 e. The first-order chi connectivity index (χ1) is 13.2. The Bertz CT molecular complexity index is 308. The summed E-state index contributed by atoms with van der Waals surface area (Å²) in [7, 11) is 2.39. The zero-order valence-electron chi connectivity index (χ0n) is 15.6. The van der Waals surface area contributed by atoms with E-state index in [4.69, 9.17) is 25.3 Å². The summed E-state index contributed by atoms with van der Waals surface area (Å²) in [6.07, 6.45) is 3.47. The molecule has 27 heavy (non-hydrogen) atoms. The van der Waals surface area contributed by atoms with E-state index < -0.39 is 0 Å². The highest BCUT2D eigenvalue weighted by Crippen LogP contribution is 2.42. The topological polar surface area (TPSA) is 0 Å². The first-order valence-corrected chi connectivity index (χ1v) is 18.8. The molecule has 0 saturated heterocycles. The zero-order chi connectivity index (χ0) is 20.3. The van der Waals surface area contributed by atoms with Gasteiger partial charge < -0.3 is 0 Å². The summed E-state index contributed by atoms with van der Waals surface area (Å²) in [4.78, 5) is 0. The Balaban J connectivity index is 5.15. The SMILES string of the molecule is SCCCSC(S)C(SCCCS)[S+](SCCCS)C(CS)CSCCS. The van der Waals surface area contributed by atoms with Crippen molar-refractivity contribution in [1.29, 1.82) is 0 Å². The van der Waals surface area contributed by atoms with Crippen LogP contribution in [-0.2, 0) is 9.93 Å². The predicted octanol–water partition coefficient (Wildman–Crippen LogP) is 6.22. The van der Waals surface area contributed by atoms with E-state index >= 15 is 0 Å². The number of thioether (sulfide) groups is 3. The van der Waals surface area contributed by atoms with Gasteiger partial charge in [-0.2, -0.15) is 87.5 Å². The van der Waals surface area contributed by atoms with Gasteiger partial charge in [-0.3, -0.25) is 0 Å². The van der Waals surface area contributed by atoms with Crippen LogP contribution < -0.4 is 0 Å². The minimum absolute atomic E-state index is 0.238. The third kappa shape index (κ3) is 16.2. The first kappa shape index (κ1) is 30.9. The maximum Gasteiger partial charge on any atom is 0.196 e. The van der Waals surface area contributed by atoms with Gasteiger partial charge in [0.2, 0.25) is 0 Å². The fraction of sp³-hybridized carbons (Fsp3) is 1.00. The van der Waals surface area contributed by atoms with Gasteiger partial charge in [-0.05, 0) is 53.8 Å². The largest absolute Gasteiger partial charge is 0.196 e. The molecule has 0 saturated carbocycles. The normalized spacial score (nSPS) is 16.2. The van der Waals surface area contributed by atoms with Crippen LogP contribution in [0.4, 0.5) is 0 Å². The standard InChI is InChI=1S/C16H34S11/c17-4-1-8-24-15(22)16(25-9-2-5-18)27(26-10-3-6-19)14(12-21)13-23-11-7-20/h14-16H,1-13H2,(H5-,17,18,19,20,21,22)/p+1. The van der Waals surface area contributed by atoms with Gasteiger partial charge in [0, 0.05) is 23.0 Å². The molecule has 4 atom stereocenters. The van der Waals surface area contributed by atoms with E-state index in [-0.39, 0.29) is 9.93 Å². The van der Waals surface area contributed by atoms with Gasteiger partial charge in [0.1, 0.15) is 9.83 Å². The van der Waals surface area contributed by atoms with E-state index in [1.807, 2.05) is 23.5 Å². The van der Waals surface area contributed by atoms with Gasteiger partial charge >= 0.3 is 0 Å². The summed E-state index contributed by atoms with van der Waals surface area (Å²) in [6, 6.07) is 0. The van der Waals surface area contributed by atoms with Gasteiger partial charge in [0.25, 0.3) is 0 Å². The third-order valence-electron chi connectivity index (χ3n) is 3.23. The molecular formula is C16H35S11+. The molecule has 0 aliphatic heterocycles. The van der Waals surface area contributed by atoms with E-state index in [9.17, 15) is 0 Å². The van der Waals surface area contributed by atoms with Gasteiger partial charge in [-0.25, -0.2) is 0 Å². The van der Waals surface area contributed by atoms with E-state index in [2.05, 4.69) is 73.1 Å². The minimum atomic E-state index is 0.238. The third-order valence-corrected chi connectivity index (χ3v) is 17.1. The van der Waals surface area contributed by atoms with Crippen molar-refractivity contribution in [3.8, 4) is 0 Å². The van der Waals surface area contributed by atoms with Crippen LogP contribution in [0, 0.1) is 0 Å². The Kier molecular flexibility index (Phi) is 26.3. The lowest BCUT2D eigenvalue weighted by Gasteiger charge is -2.26. The molecule has 0 aliphatic carbocycles. The second-order valence-corrected chi connectivity index (χ2v) is 16.8. The van der Waals surface area contributed by atoms with Crippen LogP contribution in [0.5, 0.6) is 0 Å². The lowest BCUT2D eigenvalue weighted by atomic mass is 10.5. The van der Waals surface area contributed by atoms with E-state index in [1.165, 1.54) is 17.9 Å². The highest BCUT2D eigenvalue weighted by Gasteiger charge is 2.43. The highest BCUT2D eigenvalue weighted by molar-refractivity contribution is 8.76. The molecule has 164 valence electrons. The molecule has 0 amide bonds. The van der Waals surface area contributed by atoms with Crippen molar-refractivity contribution in [3.63, 3.8) is 0 Å². The number of rotatable bonds is 20. The number of thiol groups is 6. The maximum atomic E-state index is 5.06. The predicted molar refractivity (Wildman–Crippen MR) is 166 cm³/mol. The van der Waals surface area contributed by atoms with Gasteiger partial charge in [-0.15, -0.1) is 23.5 Å². The lowest BCUT2D eigenvalue weighted by molar-refractivity contribution is 1.10. The zero-order valence-corrected chi connectivity index (χ0v) is 25.1. The lowest BCUT2D eigenvalue weighted by Crippen LogP contribution is -2.36. The molecule has 0 aromatic carbocycles. The molecule has 0 aliphatic rings. The molecule has 11 heteroatoms. The van der Waals surface area contributed by atoms with Crippen molar-refractivity contribution in [3.05, 3.63) is 0 Å². The summed E-state index contributed by atoms with van der Waals surface area (Å²) >= 11 is 33.5. The van der Waals surface area contributed by atoms with Crippen molar-refractivity contribution >= 4 is 132 Å². The average molecular weight is 580 g/mol. The van der Waals surface area contributed by atoms with Crippen molar-refractivity contribution < 1.29 is 0 Å². The Morgan fingerprint density at radius 1 is 0.704 bits per heavy atom. The Morgan fingerprint density at radius 2 is 1.30 bits per heavy atom. The van der Waals surface area contributed by atoms with Crippen LogP contribution in [0.1, 0.15) is 19.3 Å². The van der Waals surface area contributed by atoms with Crippen LogP contribution in [0.25, 0.3) is 0 Å². The summed E-state index contributed by atoms with van der Waals surface area (Å²) in [5.41, 5.74) is 0. The molecule has 0 nitrogen and oxygen atoms in total. The molecule has 0 heterocycles. The molecule has 0 aromatic rings. The quantitative estimate of drug-likeness (QED) is 0.0333. The van der Waals surface area contributed by atoms with Gasteiger partial charge in [0.05, 0.1) is 20.7 Å². The smallest absolute Gasteiger partial charge is 0.179 e. The van der Waals surface area contributed by atoms with Crippen molar-refractivity contribution in [2.45, 2.75) is 33.7 Å². The molecule has 0 radical (unpaired) electrons. The molecule has 4 unspecified atom stereocenters. The molecule has 0 spiro atoms. The van der Waals surface area contributed by atoms with E-state index in [0.29, 0.717) is 14.4 Å². The second kappa shape index (κ2) is 23.0. The monoisotopic (exact) mass is 579 g/mol. The van der Waals surface area contributed by atoms with Crippen molar-refractivity contribution in [1.82, 2.24) is 0 Å². The first-order valence-electron chi connectivity index (χ1n) is 9.04. The summed E-state index contributed by atoms with van der Waals surface area (Å²) < 4.78 is 0.913. The summed E-state index contributed by atoms with van der Waals surface area (Å²) in [6.45, 7) is 0. The van der Waals surface area contributed by atoms with Crippen LogP contribution in [-0.4, -0.2) is 71.9 Å². The second-order valence-electron chi connectivity index (χ2n) is 5.49. The Morgan fingerprint density at radius 3 is 1.85 bits per heavy atom. The molecular weight excluding hydrogens is 545 g/mol. The fourth-order valence-electron chi connectivity index (χ4n) is 1.92. The van der Waals surface area contributed by atoms with Crippen LogP contribution in [0.3, 0.4) is 0 Å². The number of hydrogen-bond donors (Lipinski definition) is 6. The maximum absolute atomic E-state index is 5.06. The van der Waals surface area contributed by atoms with Gasteiger partial charge in [0.15, 0.2) is 4.58 Å². The van der Waals surface area contributed by atoms with Crippen LogP contribution in [0.2, 0.25) is 0 Å². The van der Waals surface area contributed by atoms with E-state index in [1.54, 1.807) is 0 Å². The van der Waals surface area contributed by atoms with Crippen LogP contribution in [0.15, 0.2) is 0 Å². The average Bonchev–Trinajstić information content (AvgIpc) is 2.67. The van der Waals surface area contributed by atoms with Crippen molar-refractivity contribution in [2.75, 3.05) is 57.5 Å². The Hall–Kier alpha value is 3.85. The fourth-order valence-corrected chi connectivity index (χ4v) is 16.7. The molecule has 0 aromatic heterocycles. The highest BCUT2D eigenvalue weighted by atomic mass is 33.1. The van der Waals surface area contributed by atoms with Gasteiger partial charge in [-0.1, -0.05) is 0 Å². The molecule has 0 fully saturated rings. The summed E-state index contributed by atoms with van der Waals surface area (Å²) in [5, 5.41) is 0.622. The Labute approximate surface area is 220 Å².